The highest BCUT2D eigenvalue weighted by atomic mass is 32.1. The molecule has 1 aromatic carbocycles. The van der Waals surface area contributed by atoms with E-state index in [2.05, 4.69) is 15.2 Å². The fraction of sp³-hybridized carbons (Fsp3) is 0.150. The molecule has 0 aliphatic carbocycles. The number of aliphatic hydroxyl groups excluding tert-OH is 1. The van der Waals surface area contributed by atoms with E-state index in [9.17, 15) is 19.1 Å². The normalized spacial score (nSPS) is 18.1. The van der Waals surface area contributed by atoms with Crippen molar-refractivity contribution in [3.63, 3.8) is 0 Å². The predicted octanol–water partition coefficient (Wildman–Crippen LogP) is 3.02. The largest absolute Gasteiger partial charge is 0.507 e. The first kappa shape index (κ1) is 19.6. The highest BCUT2D eigenvalue weighted by Crippen LogP contribution is 2.43. The quantitative estimate of drug-likeness (QED) is 0.388. The Morgan fingerprint density at radius 1 is 1.27 bits per heavy atom. The minimum absolute atomic E-state index is 0.0437. The van der Waals surface area contributed by atoms with Crippen LogP contribution in [-0.2, 0) is 9.59 Å². The van der Waals surface area contributed by atoms with E-state index in [1.165, 1.54) is 24.3 Å². The highest BCUT2D eigenvalue weighted by molar-refractivity contribution is 7.15. The SMILES string of the molecule is COc1ccc(F)cc1C(O)=C1C(=O)C(=O)N(c2nnc(C)s2)[C@H]1c1cccnc1. The summed E-state index contributed by atoms with van der Waals surface area (Å²) < 4.78 is 19.1. The standard InChI is InChI=1S/C20H15FN4O4S/c1-10-23-24-20(30-10)25-16(11-4-3-7-22-9-11)15(18(27)19(25)28)17(26)13-8-12(21)5-6-14(13)29-2/h3-9,16,26H,1-2H3/t16-/m0/s1. The molecular formula is C20H15FN4O4S. The van der Waals surface area contributed by atoms with Crippen molar-refractivity contribution in [2.45, 2.75) is 13.0 Å². The molecule has 1 amide bonds. The number of ketones is 1. The van der Waals surface area contributed by atoms with Gasteiger partial charge >= 0.3 is 5.91 Å². The maximum Gasteiger partial charge on any atom is 0.301 e. The van der Waals surface area contributed by atoms with Crippen molar-refractivity contribution in [1.82, 2.24) is 15.2 Å². The summed E-state index contributed by atoms with van der Waals surface area (Å²) >= 11 is 1.13. The Morgan fingerprint density at radius 3 is 2.70 bits per heavy atom. The molecule has 30 heavy (non-hydrogen) atoms. The smallest absolute Gasteiger partial charge is 0.301 e. The van der Waals surface area contributed by atoms with E-state index in [0.717, 1.165) is 23.5 Å². The number of aromatic nitrogens is 3. The first-order valence-electron chi connectivity index (χ1n) is 8.77. The number of amides is 1. The number of carbonyl (C=O) groups is 2. The molecule has 3 aromatic rings. The van der Waals surface area contributed by atoms with Crippen LogP contribution in [0.5, 0.6) is 5.75 Å². The van der Waals surface area contributed by atoms with Crippen LogP contribution in [0.4, 0.5) is 9.52 Å². The van der Waals surface area contributed by atoms with Gasteiger partial charge in [-0.05, 0) is 36.8 Å². The number of pyridine rings is 1. The molecule has 10 heteroatoms. The molecular weight excluding hydrogens is 411 g/mol. The molecule has 152 valence electrons. The van der Waals surface area contributed by atoms with Crippen LogP contribution in [0.15, 0.2) is 48.3 Å². The van der Waals surface area contributed by atoms with Crippen LogP contribution in [0.3, 0.4) is 0 Å². The van der Waals surface area contributed by atoms with Gasteiger partial charge in [0.1, 0.15) is 22.3 Å². The lowest BCUT2D eigenvalue weighted by molar-refractivity contribution is -0.132. The monoisotopic (exact) mass is 426 g/mol. The average Bonchev–Trinajstić information content (AvgIpc) is 3.29. The molecule has 1 aliphatic heterocycles. The molecule has 4 rings (SSSR count). The number of Topliss-reactive ketones (excluding diaryl/α,β-unsaturated/α-hetero) is 1. The Balaban J connectivity index is 1.98. The summed E-state index contributed by atoms with van der Waals surface area (Å²) in [6, 6.07) is 5.82. The van der Waals surface area contributed by atoms with E-state index in [-0.39, 0.29) is 22.0 Å². The van der Waals surface area contributed by atoms with Gasteiger partial charge in [-0.2, -0.15) is 0 Å². The second kappa shape index (κ2) is 7.64. The van der Waals surface area contributed by atoms with Gasteiger partial charge in [0.05, 0.1) is 24.3 Å². The number of aliphatic hydroxyl groups is 1. The molecule has 0 spiro atoms. The first-order chi connectivity index (χ1) is 14.4. The van der Waals surface area contributed by atoms with Gasteiger partial charge in [-0.1, -0.05) is 17.4 Å². The van der Waals surface area contributed by atoms with Crippen molar-refractivity contribution < 1.29 is 23.8 Å². The fourth-order valence-corrected chi connectivity index (χ4v) is 3.99. The van der Waals surface area contributed by atoms with E-state index in [1.54, 1.807) is 25.3 Å². The van der Waals surface area contributed by atoms with Crippen LogP contribution in [-0.4, -0.2) is 39.1 Å². The number of anilines is 1. The number of benzene rings is 1. The number of carbonyl (C=O) groups excluding carboxylic acids is 2. The van der Waals surface area contributed by atoms with Gasteiger partial charge in [-0.15, -0.1) is 10.2 Å². The lowest BCUT2D eigenvalue weighted by Gasteiger charge is -2.22. The van der Waals surface area contributed by atoms with E-state index < -0.39 is 29.3 Å². The third-order valence-corrected chi connectivity index (χ3v) is 5.42. The van der Waals surface area contributed by atoms with Crippen molar-refractivity contribution in [3.05, 3.63) is 70.3 Å². The molecule has 1 aliphatic rings. The number of aryl methyl sites for hydroxylation is 1. The second-order valence-corrected chi connectivity index (χ2v) is 7.56. The third-order valence-electron chi connectivity index (χ3n) is 4.58. The molecule has 1 saturated heterocycles. The third kappa shape index (κ3) is 3.20. The predicted molar refractivity (Wildman–Crippen MR) is 107 cm³/mol. The molecule has 0 bridgehead atoms. The Morgan fingerprint density at radius 2 is 2.07 bits per heavy atom. The molecule has 8 nitrogen and oxygen atoms in total. The van der Waals surface area contributed by atoms with Crippen molar-refractivity contribution >= 4 is 33.9 Å². The Kier molecular flexibility index (Phi) is 5.00. The zero-order valence-corrected chi connectivity index (χ0v) is 16.7. The van der Waals surface area contributed by atoms with E-state index in [0.29, 0.717) is 10.6 Å². The highest BCUT2D eigenvalue weighted by Gasteiger charge is 2.48. The molecule has 2 aromatic heterocycles. The van der Waals surface area contributed by atoms with Crippen LogP contribution in [0, 0.1) is 12.7 Å². The van der Waals surface area contributed by atoms with Gasteiger partial charge in [0.2, 0.25) is 5.13 Å². The van der Waals surface area contributed by atoms with E-state index >= 15 is 0 Å². The number of nitrogens with zero attached hydrogens (tertiary/aromatic N) is 4. The maximum absolute atomic E-state index is 13.9. The van der Waals surface area contributed by atoms with Crippen LogP contribution in [0.25, 0.3) is 5.76 Å². The van der Waals surface area contributed by atoms with Crippen LogP contribution < -0.4 is 9.64 Å². The van der Waals surface area contributed by atoms with Crippen LogP contribution in [0.1, 0.15) is 22.2 Å². The summed E-state index contributed by atoms with van der Waals surface area (Å²) in [6.07, 6.45) is 3.02. The first-order valence-corrected chi connectivity index (χ1v) is 9.59. The Bertz CT molecular complexity index is 1180. The molecule has 0 unspecified atom stereocenters. The summed E-state index contributed by atoms with van der Waals surface area (Å²) in [5.41, 5.74) is 0.212. The van der Waals surface area contributed by atoms with Gasteiger partial charge < -0.3 is 9.84 Å². The van der Waals surface area contributed by atoms with Crippen LogP contribution in [0.2, 0.25) is 0 Å². The summed E-state index contributed by atoms with van der Waals surface area (Å²) in [5.74, 6) is -2.85. The Labute approximate surface area is 174 Å². The number of methoxy groups -OCH3 is 1. The van der Waals surface area contributed by atoms with Crippen molar-refractivity contribution in [1.29, 1.82) is 0 Å². The molecule has 1 N–H and O–H groups in total. The minimum atomic E-state index is -1.01. The molecule has 3 heterocycles. The number of halogens is 1. The summed E-state index contributed by atoms with van der Waals surface area (Å²) in [7, 11) is 1.35. The number of hydrogen-bond acceptors (Lipinski definition) is 8. The topological polar surface area (TPSA) is 106 Å². The summed E-state index contributed by atoms with van der Waals surface area (Å²) in [5, 5.41) is 19.7. The van der Waals surface area contributed by atoms with Gasteiger partial charge in [0, 0.05) is 12.4 Å². The molecule has 1 atom stereocenters. The van der Waals surface area contributed by atoms with Gasteiger partial charge in [-0.25, -0.2) is 4.39 Å². The van der Waals surface area contributed by atoms with Crippen LogP contribution >= 0.6 is 11.3 Å². The number of ether oxygens (including phenoxy) is 1. The molecule has 0 radical (unpaired) electrons. The van der Waals surface area contributed by atoms with Gasteiger partial charge in [-0.3, -0.25) is 19.5 Å². The lowest BCUT2D eigenvalue weighted by Crippen LogP contribution is -2.29. The van der Waals surface area contributed by atoms with E-state index in [1.807, 2.05) is 0 Å². The molecule has 0 saturated carbocycles. The van der Waals surface area contributed by atoms with Crippen molar-refractivity contribution in [2.75, 3.05) is 12.0 Å². The van der Waals surface area contributed by atoms with Crippen molar-refractivity contribution in [2.24, 2.45) is 0 Å². The maximum atomic E-state index is 13.9. The molecule has 1 fully saturated rings. The second-order valence-electron chi connectivity index (χ2n) is 6.40. The Hall–Kier alpha value is -3.66. The number of rotatable bonds is 4. The summed E-state index contributed by atoms with van der Waals surface area (Å²) in [6.45, 7) is 1.72. The van der Waals surface area contributed by atoms with Gasteiger partial charge in [0.15, 0.2) is 0 Å². The fourth-order valence-electron chi connectivity index (χ4n) is 3.28. The lowest BCUT2D eigenvalue weighted by atomic mass is 9.96. The average molecular weight is 426 g/mol. The summed E-state index contributed by atoms with van der Waals surface area (Å²) in [4.78, 5) is 31.1. The van der Waals surface area contributed by atoms with Crippen molar-refractivity contribution in [3.8, 4) is 5.75 Å². The zero-order valence-electron chi connectivity index (χ0n) is 15.9. The van der Waals surface area contributed by atoms with E-state index in [4.69, 9.17) is 4.74 Å². The van der Waals surface area contributed by atoms with Gasteiger partial charge in [0.25, 0.3) is 5.78 Å². The minimum Gasteiger partial charge on any atom is -0.507 e. The number of hydrogen-bond donors (Lipinski definition) is 1. The zero-order chi connectivity index (χ0) is 21.4.